The summed E-state index contributed by atoms with van der Waals surface area (Å²) in [5.41, 5.74) is 2.40. The summed E-state index contributed by atoms with van der Waals surface area (Å²) in [4.78, 5) is 12.0. The molecule has 5 heteroatoms. The standard InChI is InChI=1S/C18H19N3O2/c19-11-15-6-8-16(9-7-15)20-12-18(23)21-17(13-22)10-14-4-2-1-3-5-14/h1-9,17,20,22H,10,12-13H2,(H,21,23). The number of hydrogen-bond acceptors (Lipinski definition) is 4. The Morgan fingerprint density at radius 1 is 1.13 bits per heavy atom. The van der Waals surface area contributed by atoms with Crippen molar-refractivity contribution >= 4 is 11.6 Å². The van der Waals surface area contributed by atoms with Crippen molar-refractivity contribution in [3.05, 3.63) is 65.7 Å². The Kier molecular flexibility index (Phi) is 6.16. The van der Waals surface area contributed by atoms with E-state index in [4.69, 9.17) is 5.26 Å². The third-order valence-electron chi connectivity index (χ3n) is 3.38. The molecule has 2 rings (SSSR count). The zero-order chi connectivity index (χ0) is 16.5. The third-order valence-corrected chi connectivity index (χ3v) is 3.38. The molecule has 0 saturated heterocycles. The zero-order valence-electron chi connectivity index (χ0n) is 12.7. The van der Waals surface area contributed by atoms with Gasteiger partial charge in [-0.25, -0.2) is 0 Å². The Hall–Kier alpha value is -2.84. The smallest absolute Gasteiger partial charge is 0.239 e. The topological polar surface area (TPSA) is 85.2 Å². The van der Waals surface area contributed by atoms with Gasteiger partial charge in [0.15, 0.2) is 0 Å². The SMILES string of the molecule is N#Cc1ccc(NCC(=O)NC(CO)Cc2ccccc2)cc1. The average molecular weight is 309 g/mol. The minimum absolute atomic E-state index is 0.108. The van der Waals surface area contributed by atoms with E-state index in [0.717, 1.165) is 11.3 Å². The van der Waals surface area contributed by atoms with Crippen LogP contribution in [0.2, 0.25) is 0 Å². The van der Waals surface area contributed by atoms with Crippen molar-refractivity contribution in [1.82, 2.24) is 5.32 Å². The van der Waals surface area contributed by atoms with E-state index in [1.807, 2.05) is 36.4 Å². The molecule has 0 bridgehead atoms. The number of nitrogens with zero attached hydrogens (tertiary/aromatic N) is 1. The van der Waals surface area contributed by atoms with Crippen molar-refractivity contribution in [3.8, 4) is 6.07 Å². The fourth-order valence-electron chi connectivity index (χ4n) is 2.18. The first-order valence-electron chi connectivity index (χ1n) is 7.39. The van der Waals surface area contributed by atoms with Gasteiger partial charge in [-0.1, -0.05) is 30.3 Å². The molecule has 0 saturated carbocycles. The molecule has 0 spiro atoms. The second kappa shape index (κ2) is 8.57. The van der Waals surface area contributed by atoms with Crippen molar-refractivity contribution < 1.29 is 9.90 Å². The maximum Gasteiger partial charge on any atom is 0.239 e. The zero-order valence-corrected chi connectivity index (χ0v) is 12.7. The van der Waals surface area contributed by atoms with Crippen molar-refractivity contribution in [1.29, 1.82) is 5.26 Å². The number of carbonyl (C=O) groups excluding carboxylic acids is 1. The summed E-state index contributed by atoms with van der Waals surface area (Å²) in [7, 11) is 0. The van der Waals surface area contributed by atoms with Gasteiger partial charge in [-0.15, -0.1) is 0 Å². The van der Waals surface area contributed by atoms with Crippen molar-refractivity contribution in [3.63, 3.8) is 0 Å². The van der Waals surface area contributed by atoms with Crippen molar-refractivity contribution in [2.24, 2.45) is 0 Å². The molecule has 1 atom stereocenters. The van der Waals surface area contributed by atoms with E-state index in [9.17, 15) is 9.90 Å². The highest BCUT2D eigenvalue weighted by atomic mass is 16.3. The molecule has 1 unspecified atom stereocenters. The van der Waals surface area contributed by atoms with Crippen LogP contribution in [0.1, 0.15) is 11.1 Å². The molecule has 0 radical (unpaired) electrons. The number of amides is 1. The van der Waals surface area contributed by atoms with Crippen LogP contribution >= 0.6 is 0 Å². The summed E-state index contributed by atoms with van der Waals surface area (Å²) in [6.07, 6.45) is 0.583. The Morgan fingerprint density at radius 3 is 2.43 bits per heavy atom. The van der Waals surface area contributed by atoms with E-state index >= 15 is 0 Å². The first-order chi connectivity index (χ1) is 11.2. The summed E-state index contributed by atoms with van der Waals surface area (Å²) < 4.78 is 0. The fraction of sp³-hybridized carbons (Fsp3) is 0.222. The molecule has 3 N–H and O–H groups in total. The van der Waals surface area contributed by atoms with E-state index in [-0.39, 0.29) is 25.1 Å². The van der Waals surface area contributed by atoms with Crippen LogP contribution in [0.3, 0.4) is 0 Å². The molecular weight excluding hydrogens is 290 g/mol. The van der Waals surface area contributed by atoms with Crippen LogP contribution in [0.25, 0.3) is 0 Å². The van der Waals surface area contributed by atoms with Gasteiger partial charge in [-0.3, -0.25) is 4.79 Å². The molecule has 0 heterocycles. The number of rotatable bonds is 7. The van der Waals surface area contributed by atoms with Crippen LogP contribution in [0, 0.1) is 11.3 Å². The van der Waals surface area contributed by atoms with E-state index in [2.05, 4.69) is 10.6 Å². The van der Waals surface area contributed by atoms with Gasteiger partial charge in [0.1, 0.15) is 0 Å². The summed E-state index contributed by atoms with van der Waals surface area (Å²) >= 11 is 0. The van der Waals surface area contributed by atoms with Crippen LogP contribution in [0.4, 0.5) is 5.69 Å². The van der Waals surface area contributed by atoms with Gasteiger partial charge in [0, 0.05) is 5.69 Å². The molecule has 2 aromatic carbocycles. The Bertz CT molecular complexity index is 663. The van der Waals surface area contributed by atoms with Crippen LogP contribution in [0.5, 0.6) is 0 Å². The van der Waals surface area contributed by atoms with Crippen LogP contribution in [0.15, 0.2) is 54.6 Å². The van der Waals surface area contributed by atoms with E-state index in [1.165, 1.54) is 0 Å². The third kappa shape index (κ3) is 5.46. The monoisotopic (exact) mass is 309 g/mol. The minimum atomic E-state index is -0.312. The molecule has 2 aromatic rings. The normalized spacial score (nSPS) is 11.3. The van der Waals surface area contributed by atoms with Crippen LogP contribution < -0.4 is 10.6 Å². The lowest BCUT2D eigenvalue weighted by molar-refractivity contribution is -0.120. The number of aliphatic hydroxyl groups excluding tert-OH is 1. The van der Waals surface area contributed by atoms with Gasteiger partial charge in [0.25, 0.3) is 0 Å². The second-order valence-electron chi connectivity index (χ2n) is 5.18. The summed E-state index contributed by atoms with van der Waals surface area (Å²) in [6, 6.07) is 18.3. The molecule has 1 amide bonds. The minimum Gasteiger partial charge on any atom is -0.394 e. The van der Waals surface area contributed by atoms with Crippen LogP contribution in [-0.4, -0.2) is 30.2 Å². The summed E-state index contributed by atoms with van der Waals surface area (Å²) in [6.45, 7) is -0.00527. The van der Waals surface area contributed by atoms with Gasteiger partial charge >= 0.3 is 0 Å². The fourth-order valence-corrected chi connectivity index (χ4v) is 2.18. The Balaban J connectivity index is 1.81. The maximum absolute atomic E-state index is 12.0. The van der Waals surface area contributed by atoms with Gasteiger partial charge in [-0.2, -0.15) is 5.26 Å². The highest BCUT2D eigenvalue weighted by molar-refractivity contribution is 5.81. The largest absolute Gasteiger partial charge is 0.394 e. The van der Waals surface area contributed by atoms with Gasteiger partial charge in [0.2, 0.25) is 5.91 Å². The number of anilines is 1. The van der Waals surface area contributed by atoms with E-state index < -0.39 is 0 Å². The van der Waals surface area contributed by atoms with Crippen molar-refractivity contribution in [2.45, 2.75) is 12.5 Å². The summed E-state index contributed by atoms with van der Waals surface area (Å²) in [5, 5.41) is 23.9. The van der Waals surface area contributed by atoms with E-state index in [1.54, 1.807) is 24.3 Å². The lowest BCUT2D eigenvalue weighted by Crippen LogP contribution is -2.41. The number of hydrogen-bond donors (Lipinski definition) is 3. The number of nitriles is 1. The first kappa shape index (κ1) is 16.5. The summed E-state index contributed by atoms with van der Waals surface area (Å²) in [5.74, 6) is -0.190. The number of benzene rings is 2. The highest BCUT2D eigenvalue weighted by Gasteiger charge is 2.11. The maximum atomic E-state index is 12.0. The first-order valence-corrected chi connectivity index (χ1v) is 7.39. The van der Waals surface area contributed by atoms with E-state index in [0.29, 0.717) is 12.0 Å². The van der Waals surface area contributed by atoms with Gasteiger partial charge in [0.05, 0.1) is 30.8 Å². The molecule has 0 aromatic heterocycles. The van der Waals surface area contributed by atoms with Crippen molar-refractivity contribution in [2.75, 3.05) is 18.5 Å². The number of carbonyl (C=O) groups is 1. The molecule has 0 fully saturated rings. The quantitative estimate of drug-likeness (QED) is 0.726. The van der Waals surface area contributed by atoms with Crippen LogP contribution in [-0.2, 0) is 11.2 Å². The molecule has 0 aliphatic heterocycles. The second-order valence-corrected chi connectivity index (χ2v) is 5.18. The molecule has 0 aliphatic carbocycles. The Morgan fingerprint density at radius 2 is 1.83 bits per heavy atom. The van der Waals surface area contributed by atoms with Gasteiger partial charge in [-0.05, 0) is 36.2 Å². The number of nitrogens with one attached hydrogen (secondary N) is 2. The average Bonchev–Trinajstić information content (AvgIpc) is 2.60. The van der Waals surface area contributed by atoms with Gasteiger partial charge < -0.3 is 15.7 Å². The lowest BCUT2D eigenvalue weighted by Gasteiger charge is -2.17. The highest BCUT2D eigenvalue weighted by Crippen LogP contribution is 2.08. The lowest BCUT2D eigenvalue weighted by atomic mass is 10.1. The predicted octanol–water partition coefficient (Wildman–Crippen LogP) is 1.69. The molecule has 23 heavy (non-hydrogen) atoms. The molecule has 0 aliphatic rings. The molecule has 5 nitrogen and oxygen atoms in total. The Labute approximate surface area is 135 Å². The predicted molar refractivity (Wildman–Crippen MR) is 88.8 cm³/mol. The molecular formula is C18H19N3O2. The molecule has 118 valence electrons. The number of aliphatic hydroxyl groups is 1.